The largest absolute Gasteiger partial charge is 0.393 e. The van der Waals surface area contributed by atoms with E-state index in [1.807, 2.05) is 12.1 Å². The summed E-state index contributed by atoms with van der Waals surface area (Å²) >= 11 is 0. The molecule has 2 N–H and O–H groups in total. The van der Waals surface area contributed by atoms with Crippen molar-refractivity contribution in [1.29, 1.82) is 0 Å². The predicted molar refractivity (Wildman–Crippen MR) is 97.0 cm³/mol. The van der Waals surface area contributed by atoms with Crippen LogP contribution in [0.3, 0.4) is 0 Å². The SMILES string of the molecule is O=C(CCS(=O)(=O)c1ccccc1)N[C@H](c1ccccn1)C1CC(O)C1. The molecule has 7 heteroatoms. The van der Waals surface area contributed by atoms with Crippen molar-refractivity contribution in [2.75, 3.05) is 5.75 Å². The fourth-order valence-electron chi connectivity index (χ4n) is 3.11. The van der Waals surface area contributed by atoms with E-state index in [4.69, 9.17) is 0 Å². The van der Waals surface area contributed by atoms with Crippen molar-refractivity contribution >= 4 is 15.7 Å². The summed E-state index contributed by atoms with van der Waals surface area (Å²) in [5.41, 5.74) is 0.726. The lowest BCUT2D eigenvalue weighted by Gasteiger charge is -2.37. The second kappa shape index (κ2) is 7.97. The molecule has 2 aromatic rings. The molecule has 0 unspecified atom stereocenters. The Morgan fingerprint density at radius 2 is 1.85 bits per heavy atom. The molecule has 0 radical (unpaired) electrons. The number of carbonyl (C=O) groups excluding carboxylic acids is 1. The van der Waals surface area contributed by atoms with Crippen LogP contribution in [0.1, 0.15) is 31.0 Å². The quantitative estimate of drug-likeness (QED) is 0.771. The third-order valence-corrected chi connectivity index (χ3v) is 6.38. The van der Waals surface area contributed by atoms with Crippen molar-refractivity contribution < 1.29 is 18.3 Å². The summed E-state index contributed by atoms with van der Waals surface area (Å²) in [5.74, 6) is -0.471. The zero-order chi connectivity index (χ0) is 18.6. The number of hydrogen-bond acceptors (Lipinski definition) is 5. The van der Waals surface area contributed by atoms with Crippen molar-refractivity contribution in [3.05, 3.63) is 60.4 Å². The van der Waals surface area contributed by atoms with Crippen LogP contribution in [0.25, 0.3) is 0 Å². The zero-order valence-corrected chi connectivity index (χ0v) is 15.1. The van der Waals surface area contributed by atoms with Crippen molar-refractivity contribution in [2.24, 2.45) is 5.92 Å². The molecule has 6 nitrogen and oxygen atoms in total. The number of amides is 1. The van der Waals surface area contributed by atoms with Gasteiger partial charge in [-0.25, -0.2) is 8.42 Å². The number of aliphatic hydroxyl groups is 1. The van der Waals surface area contributed by atoms with E-state index in [9.17, 15) is 18.3 Å². The first-order chi connectivity index (χ1) is 12.5. The monoisotopic (exact) mass is 374 g/mol. The van der Waals surface area contributed by atoms with E-state index < -0.39 is 9.84 Å². The smallest absolute Gasteiger partial charge is 0.221 e. The molecule has 0 spiro atoms. The van der Waals surface area contributed by atoms with Gasteiger partial charge in [0.05, 0.1) is 28.5 Å². The highest BCUT2D eigenvalue weighted by atomic mass is 32.2. The number of aromatic nitrogens is 1. The number of carbonyl (C=O) groups is 1. The van der Waals surface area contributed by atoms with E-state index in [1.165, 1.54) is 12.1 Å². The molecule has 0 bridgehead atoms. The minimum atomic E-state index is -3.49. The van der Waals surface area contributed by atoms with Crippen molar-refractivity contribution in [2.45, 2.75) is 36.3 Å². The molecule has 0 saturated heterocycles. The first-order valence-corrected chi connectivity index (χ1v) is 10.3. The Morgan fingerprint density at radius 1 is 1.15 bits per heavy atom. The van der Waals surface area contributed by atoms with Crippen molar-refractivity contribution in [1.82, 2.24) is 10.3 Å². The molecule has 1 heterocycles. The van der Waals surface area contributed by atoms with Gasteiger partial charge in [0.1, 0.15) is 0 Å². The lowest BCUT2D eigenvalue weighted by atomic mass is 9.76. The number of nitrogens with one attached hydrogen (secondary N) is 1. The molecule has 138 valence electrons. The fraction of sp³-hybridized carbons (Fsp3) is 0.368. The number of rotatable bonds is 7. The Labute approximate surface area is 153 Å². The Kier molecular flexibility index (Phi) is 5.68. The standard InChI is InChI=1S/C19H22N2O4S/c22-15-12-14(13-15)19(17-8-4-5-10-20-17)21-18(23)9-11-26(24,25)16-6-2-1-3-7-16/h1-8,10,14-15,19,22H,9,11-13H2,(H,21,23)/t14?,15?,19-/m0/s1. The van der Waals surface area contributed by atoms with Crippen LogP contribution >= 0.6 is 0 Å². The van der Waals surface area contributed by atoms with E-state index in [2.05, 4.69) is 10.3 Å². The van der Waals surface area contributed by atoms with Gasteiger partial charge < -0.3 is 10.4 Å². The molecule has 1 amide bonds. The van der Waals surface area contributed by atoms with Crippen LogP contribution < -0.4 is 5.32 Å². The summed E-state index contributed by atoms with van der Waals surface area (Å²) in [7, 11) is -3.49. The summed E-state index contributed by atoms with van der Waals surface area (Å²) in [4.78, 5) is 16.9. The zero-order valence-electron chi connectivity index (χ0n) is 14.3. The normalized spacial score (nSPS) is 20.8. The highest BCUT2D eigenvalue weighted by molar-refractivity contribution is 7.91. The minimum Gasteiger partial charge on any atom is -0.393 e. The molecule has 1 aromatic carbocycles. The summed E-state index contributed by atoms with van der Waals surface area (Å²) < 4.78 is 24.6. The number of nitrogens with zero attached hydrogens (tertiary/aromatic N) is 1. The highest BCUT2D eigenvalue weighted by Gasteiger charge is 2.36. The van der Waals surface area contributed by atoms with Crippen LogP contribution in [-0.2, 0) is 14.6 Å². The molecular formula is C19H22N2O4S. The van der Waals surface area contributed by atoms with Gasteiger partial charge in [0.15, 0.2) is 9.84 Å². The Bertz CT molecular complexity index is 834. The molecule has 1 saturated carbocycles. The fourth-order valence-corrected chi connectivity index (χ4v) is 4.38. The average molecular weight is 374 g/mol. The number of sulfone groups is 1. The van der Waals surface area contributed by atoms with Gasteiger partial charge in [0, 0.05) is 12.6 Å². The van der Waals surface area contributed by atoms with Gasteiger partial charge >= 0.3 is 0 Å². The van der Waals surface area contributed by atoms with Crippen LogP contribution in [-0.4, -0.2) is 36.3 Å². The summed E-state index contributed by atoms with van der Waals surface area (Å²) in [5, 5.41) is 12.5. The number of aliphatic hydroxyl groups excluding tert-OH is 1. The van der Waals surface area contributed by atoms with Gasteiger partial charge in [-0.15, -0.1) is 0 Å². The Balaban J connectivity index is 1.63. The lowest BCUT2D eigenvalue weighted by molar-refractivity contribution is -0.122. The third kappa shape index (κ3) is 4.47. The van der Waals surface area contributed by atoms with E-state index in [-0.39, 0.29) is 41.0 Å². The Morgan fingerprint density at radius 3 is 2.46 bits per heavy atom. The summed E-state index contributed by atoms with van der Waals surface area (Å²) in [6, 6.07) is 13.3. The highest BCUT2D eigenvalue weighted by Crippen LogP contribution is 2.37. The molecule has 1 aliphatic rings. The van der Waals surface area contributed by atoms with Gasteiger partial charge in [-0.2, -0.15) is 0 Å². The molecule has 1 fully saturated rings. The van der Waals surface area contributed by atoms with Crippen LogP contribution in [0.5, 0.6) is 0 Å². The first-order valence-electron chi connectivity index (χ1n) is 8.62. The van der Waals surface area contributed by atoms with Crippen LogP contribution in [0.2, 0.25) is 0 Å². The molecule has 26 heavy (non-hydrogen) atoms. The molecule has 1 atom stereocenters. The Hall–Kier alpha value is -2.25. The maximum absolute atomic E-state index is 12.4. The van der Waals surface area contributed by atoms with Gasteiger partial charge in [0.25, 0.3) is 0 Å². The maximum Gasteiger partial charge on any atom is 0.221 e. The second-order valence-electron chi connectivity index (χ2n) is 6.57. The molecule has 3 rings (SSSR count). The van der Waals surface area contributed by atoms with E-state index in [0.717, 1.165) is 5.69 Å². The van der Waals surface area contributed by atoms with Crippen LogP contribution in [0, 0.1) is 5.92 Å². The van der Waals surface area contributed by atoms with Gasteiger partial charge in [-0.3, -0.25) is 9.78 Å². The summed E-state index contributed by atoms with van der Waals surface area (Å²) in [6.45, 7) is 0. The van der Waals surface area contributed by atoms with Crippen LogP contribution in [0.15, 0.2) is 59.6 Å². The number of pyridine rings is 1. The maximum atomic E-state index is 12.4. The van der Waals surface area contributed by atoms with Crippen molar-refractivity contribution in [3.8, 4) is 0 Å². The molecule has 1 aliphatic carbocycles. The lowest BCUT2D eigenvalue weighted by Crippen LogP contribution is -2.42. The number of benzene rings is 1. The molecular weight excluding hydrogens is 352 g/mol. The van der Waals surface area contributed by atoms with E-state index in [0.29, 0.717) is 12.8 Å². The third-order valence-electron chi connectivity index (χ3n) is 4.64. The molecule has 1 aromatic heterocycles. The second-order valence-corrected chi connectivity index (χ2v) is 8.68. The van der Waals surface area contributed by atoms with Gasteiger partial charge in [0.2, 0.25) is 5.91 Å². The number of hydrogen-bond donors (Lipinski definition) is 2. The van der Waals surface area contributed by atoms with Gasteiger partial charge in [-0.05, 0) is 43.0 Å². The molecule has 0 aliphatic heterocycles. The van der Waals surface area contributed by atoms with Crippen molar-refractivity contribution in [3.63, 3.8) is 0 Å². The van der Waals surface area contributed by atoms with E-state index in [1.54, 1.807) is 30.5 Å². The predicted octanol–water partition coefficient (Wildman–Crippen LogP) is 1.87. The van der Waals surface area contributed by atoms with E-state index >= 15 is 0 Å². The average Bonchev–Trinajstić information content (AvgIpc) is 2.64. The van der Waals surface area contributed by atoms with Gasteiger partial charge in [-0.1, -0.05) is 24.3 Å². The minimum absolute atomic E-state index is 0.106. The summed E-state index contributed by atoms with van der Waals surface area (Å²) in [6.07, 6.45) is 2.40. The van der Waals surface area contributed by atoms with Crippen LogP contribution in [0.4, 0.5) is 0 Å². The topological polar surface area (TPSA) is 96.4 Å². The first kappa shape index (κ1) is 18.5.